The van der Waals surface area contributed by atoms with Crippen LogP contribution in [-0.2, 0) is 21.2 Å². The van der Waals surface area contributed by atoms with Crippen molar-refractivity contribution in [3.05, 3.63) is 65.3 Å². The van der Waals surface area contributed by atoms with E-state index < -0.39 is 21.9 Å². The first-order valence-corrected chi connectivity index (χ1v) is 12.4. The number of halogens is 2. The number of sulfonamides is 1. The van der Waals surface area contributed by atoms with Gasteiger partial charge in [-0.25, -0.2) is 32.9 Å². The van der Waals surface area contributed by atoms with Crippen molar-refractivity contribution < 1.29 is 24.7 Å². The number of pyridine rings is 1. The number of carbonyl (C=O) groups is 1. The third kappa shape index (κ3) is 5.73. The maximum Gasteiger partial charge on any atom is 0.242 e. The summed E-state index contributed by atoms with van der Waals surface area (Å²) >= 11 is 6.04. The molecule has 0 saturated heterocycles. The van der Waals surface area contributed by atoms with Gasteiger partial charge in [-0.3, -0.25) is 4.79 Å². The highest BCUT2D eigenvalue weighted by molar-refractivity contribution is 7.89. The van der Waals surface area contributed by atoms with Gasteiger partial charge >= 0.3 is 0 Å². The number of H-pyrrole nitrogens is 1. The van der Waals surface area contributed by atoms with Crippen molar-refractivity contribution in [1.82, 2.24) is 25.3 Å². The van der Waals surface area contributed by atoms with Crippen LogP contribution in [0.25, 0.3) is 22.4 Å². The lowest BCUT2D eigenvalue weighted by Crippen LogP contribution is -2.39. The topological polar surface area (TPSA) is 156 Å². The highest BCUT2D eigenvalue weighted by Gasteiger charge is 2.18. The summed E-state index contributed by atoms with van der Waals surface area (Å²) in [6.07, 6.45) is 4.64. The number of anilines is 1. The Hall–Kier alpha value is -3.61. The van der Waals surface area contributed by atoms with Gasteiger partial charge in [-0.2, -0.15) is 0 Å². The largest absolute Gasteiger partial charge is 0.356 e. The molecule has 0 fully saturated rings. The molecule has 1 amide bonds. The first kappa shape index (κ1) is 24.5. The summed E-state index contributed by atoms with van der Waals surface area (Å²) in [5.74, 6) is -0.964. The molecule has 0 saturated carbocycles. The summed E-state index contributed by atoms with van der Waals surface area (Å²) in [6, 6.07) is 6.97. The number of nitrogens with one attached hydrogen (secondary N) is 3. The van der Waals surface area contributed by atoms with Gasteiger partial charge in [0.05, 0.1) is 16.1 Å². The van der Waals surface area contributed by atoms with Crippen LogP contribution in [-0.4, -0.2) is 46.8 Å². The zero-order valence-electron chi connectivity index (χ0n) is 18.4. The molecular weight excluding hydrogens is 497 g/mol. The summed E-state index contributed by atoms with van der Waals surface area (Å²) in [6.45, 7) is 1.87. The summed E-state index contributed by atoms with van der Waals surface area (Å²) in [5.41, 5.74) is 1.99. The average molecular weight is 528 g/mol. The number of hydrogen-bond acceptors (Lipinski definition) is 7. The third-order valence-corrected chi connectivity index (χ3v) is 6.33. The predicted molar refractivity (Wildman–Crippen MR) is 140 cm³/mol. The van der Waals surface area contributed by atoms with Gasteiger partial charge in [-0.15, -0.1) is 0 Å². The molecule has 0 radical (unpaired) electrons. The molecule has 13 heteroatoms. The van der Waals surface area contributed by atoms with Crippen molar-refractivity contribution in [3.63, 3.8) is 0 Å². The Morgan fingerprint density at radius 2 is 2.00 bits per heavy atom. The van der Waals surface area contributed by atoms with Crippen molar-refractivity contribution >= 4 is 44.4 Å². The van der Waals surface area contributed by atoms with Gasteiger partial charge in [0.2, 0.25) is 15.9 Å². The van der Waals surface area contributed by atoms with E-state index in [1.54, 1.807) is 31.3 Å². The molecule has 5 N–H and O–H groups in total. The Kier molecular flexibility index (Phi) is 6.96. The van der Waals surface area contributed by atoms with Crippen molar-refractivity contribution in [2.45, 2.75) is 24.3 Å². The van der Waals surface area contributed by atoms with E-state index in [4.69, 9.17) is 16.7 Å². The van der Waals surface area contributed by atoms with Gasteiger partial charge in [0.25, 0.3) is 0 Å². The molecule has 0 aliphatic heterocycles. The number of fused-ring (bicyclic) bond motifs is 1. The molecule has 35 heavy (non-hydrogen) atoms. The number of rotatable bonds is 8. The van der Waals surface area contributed by atoms with E-state index >= 15 is 0 Å². The molecule has 3 aromatic heterocycles. The van der Waals surface area contributed by atoms with Crippen LogP contribution in [0.3, 0.4) is 0 Å². The number of benzene rings is 1. The van der Waals surface area contributed by atoms with E-state index in [1.807, 2.05) is 0 Å². The molecule has 0 bridgehead atoms. The summed E-state index contributed by atoms with van der Waals surface area (Å²) in [5, 5.41) is 11.7. The van der Waals surface area contributed by atoms with E-state index in [1.165, 1.54) is 18.3 Å². The van der Waals surface area contributed by atoms with Gasteiger partial charge in [0.1, 0.15) is 11.7 Å². The third-order valence-electron chi connectivity index (χ3n) is 5.19. The predicted octanol–water partition coefficient (Wildman–Crippen LogP) is 3.85. The van der Waals surface area contributed by atoms with Gasteiger partial charge in [0, 0.05) is 37.0 Å². The lowest BCUT2D eigenvalue weighted by Gasteiger charge is -2.15. The van der Waals surface area contributed by atoms with Gasteiger partial charge in [-0.1, -0.05) is 23.7 Å². The number of carbonyl (C=O) groups excluding carboxylic acids is 1. The number of aromatic amines is 1. The summed E-state index contributed by atoms with van der Waals surface area (Å²) < 4.78 is 37.0. The molecule has 0 spiro atoms. The van der Waals surface area contributed by atoms with Crippen LogP contribution >= 0.6 is 11.6 Å². The number of nitrogens with zero attached hydrogens (tertiary/aromatic N) is 3. The molecule has 1 aromatic carbocycles. The summed E-state index contributed by atoms with van der Waals surface area (Å²) in [7, 11) is -3.76. The lowest BCUT2D eigenvalue weighted by molar-refractivity contribution is -0.121. The molecule has 192 valence electrons. The highest BCUT2D eigenvalue weighted by atomic mass is 35.5. The number of primary sulfonamides is 1. The number of hydrogen-bond donors (Lipinski definition) is 4. The minimum atomic E-state index is -3.76. The minimum Gasteiger partial charge on any atom is -0.356 e. The molecule has 3 heterocycles. The first-order chi connectivity index (χ1) is 16.6. The highest BCUT2D eigenvalue weighted by Crippen LogP contribution is 2.28. The second kappa shape index (κ2) is 9.94. The number of aromatic nitrogens is 4. The van der Waals surface area contributed by atoms with E-state index in [0.29, 0.717) is 34.6 Å². The molecule has 4 aromatic rings. The Balaban J connectivity index is 0. The number of amides is 1. The Morgan fingerprint density at radius 3 is 2.71 bits per heavy atom. The molecule has 1 atom stereocenters. The zero-order chi connectivity index (χ0) is 25.2. The van der Waals surface area contributed by atoms with Crippen LogP contribution in [0, 0.1) is 5.82 Å². The van der Waals surface area contributed by atoms with Gasteiger partial charge in [0.15, 0.2) is 17.5 Å². The molecule has 0 aliphatic rings. The fraction of sp³-hybridized carbons (Fsp3) is 0.182. The Morgan fingerprint density at radius 1 is 1.26 bits per heavy atom. The number of nitrogens with two attached hydrogens (primary N) is 1. The van der Waals surface area contributed by atoms with Crippen LogP contribution in [0.4, 0.5) is 10.2 Å². The normalized spacial score (nSPS) is 12.5. The monoisotopic (exact) mass is 527 g/mol. The van der Waals surface area contributed by atoms with E-state index in [9.17, 15) is 17.6 Å². The van der Waals surface area contributed by atoms with Crippen molar-refractivity contribution in [2.24, 2.45) is 5.14 Å². The quantitative estimate of drug-likeness (QED) is 0.271. The standard InChI is InChI=1S/C22H21ClFN7O3S.5H2/c1-12(22(32)26-7-6-13-2-4-15(5-3-13)35(25,33)34)30-21-18(24)11-29-20(31-21)17-10-28-19-16(17)8-14(23)9-27-19;;;;;/h2-5,8-12H,6-7H2,1H3,(H,26,32)(H,27,28)(H2,25,33,34)(H,29,30,31);5*1H/t12-;;;;;/m0...../s1. The van der Waals surface area contributed by atoms with Crippen LogP contribution in [0.1, 0.15) is 19.6 Å². The van der Waals surface area contributed by atoms with E-state index in [0.717, 1.165) is 11.8 Å². The minimum absolute atomic E-state index is 0. The van der Waals surface area contributed by atoms with Gasteiger partial charge < -0.3 is 15.6 Å². The fourth-order valence-electron chi connectivity index (χ4n) is 3.36. The fourth-order valence-corrected chi connectivity index (χ4v) is 4.03. The van der Waals surface area contributed by atoms with E-state index in [2.05, 4.69) is 30.6 Å². The second-order valence-electron chi connectivity index (χ2n) is 7.74. The lowest BCUT2D eigenvalue weighted by atomic mass is 10.1. The average Bonchev–Trinajstić information content (AvgIpc) is 3.23. The maximum absolute atomic E-state index is 14.4. The smallest absolute Gasteiger partial charge is 0.242 e. The molecule has 0 unspecified atom stereocenters. The van der Waals surface area contributed by atoms with Crippen LogP contribution in [0.5, 0.6) is 0 Å². The van der Waals surface area contributed by atoms with Crippen molar-refractivity contribution in [1.29, 1.82) is 0 Å². The van der Waals surface area contributed by atoms with Crippen LogP contribution in [0.2, 0.25) is 5.02 Å². The van der Waals surface area contributed by atoms with Crippen LogP contribution < -0.4 is 15.8 Å². The van der Waals surface area contributed by atoms with Gasteiger partial charge in [-0.05, 0) is 37.1 Å². The second-order valence-corrected chi connectivity index (χ2v) is 9.74. The summed E-state index contributed by atoms with van der Waals surface area (Å²) in [4.78, 5) is 28.0. The zero-order valence-corrected chi connectivity index (χ0v) is 20.0. The van der Waals surface area contributed by atoms with Crippen molar-refractivity contribution in [2.75, 3.05) is 11.9 Å². The molecule has 10 nitrogen and oxygen atoms in total. The maximum atomic E-state index is 14.4. The van der Waals surface area contributed by atoms with Crippen molar-refractivity contribution in [3.8, 4) is 11.4 Å². The molecule has 0 aliphatic carbocycles. The van der Waals surface area contributed by atoms with Crippen LogP contribution in [0.15, 0.2) is 53.8 Å². The Labute approximate surface area is 212 Å². The van der Waals surface area contributed by atoms with E-state index in [-0.39, 0.29) is 29.6 Å². The molecular formula is C22H31ClFN7O3S. The Bertz CT molecular complexity index is 1510. The SMILES string of the molecule is C[C@H](Nc1nc(-c2c[nH]c3ncc(Cl)cc23)ncc1F)C(=O)NCCc1ccc(S(N)(=O)=O)cc1.[HH].[HH].[HH].[HH].[HH]. The first-order valence-electron chi connectivity index (χ1n) is 10.4. The molecule has 4 rings (SSSR count).